The van der Waals surface area contributed by atoms with Gasteiger partial charge in [-0.1, -0.05) is 6.92 Å². The van der Waals surface area contributed by atoms with Gasteiger partial charge in [0.1, 0.15) is 5.75 Å². The second-order valence-electron chi connectivity index (χ2n) is 4.79. The summed E-state index contributed by atoms with van der Waals surface area (Å²) in [6, 6.07) is 11.4. The van der Waals surface area contributed by atoms with E-state index in [1.807, 2.05) is 36.4 Å². The van der Waals surface area contributed by atoms with E-state index in [2.05, 4.69) is 6.92 Å². The highest BCUT2D eigenvalue weighted by molar-refractivity contribution is 7.14. The Hall–Kier alpha value is -1.61. The van der Waals surface area contributed by atoms with E-state index in [9.17, 15) is 4.79 Å². The molecule has 2 aromatic rings. The molecule has 0 amide bonds. The van der Waals surface area contributed by atoms with Crippen molar-refractivity contribution in [1.82, 2.24) is 0 Å². The Morgan fingerprint density at radius 1 is 1.21 bits per heavy atom. The highest BCUT2D eigenvalue weighted by atomic mass is 32.1. The number of rotatable bonds is 5. The fourth-order valence-corrected chi connectivity index (χ4v) is 2.80. The first-order valence-electron chi connectivity index (χ1n) is 6.66. The lowest BCUT2D eigenvalue weighted by molar-refractivity contribution is 0.104. The molecule has 19 heavy (non-hydrogen) atoms. The van der Waals surface area contributed by atoms with Crippen molar-refractivity contribution in [2.24, 2.45) is 0 Å². The molecule has 1 aromatic heterocycles. The number of ketones is 1. The van der Waals surface area contributed by atoms with Gasteiger partial charge >= 0.3 is 0 Å². The van der Waals surface area contributed by atoms with Gasteiger partial charge in [-0.05, 0) is 55.7 Å². The van der Waals surface area contributed by atoms with Gasteiger partial charge in [0.05, 0.1) is 11.0 Å². The smallest absolute Gasteiger partial charge is 0.202 e. The van der Waals surface area contributed by atoms with Gasteiger partial charge in [0.25, 0.3) is 0 Å². The average Bonchev–Trinajstić information content (AvgIpc) is 3.12. The molecule has 1 aromatic carbocycles. The van der Waals surface area contributed by atoms with Gasteiger partial charge in [-0.2, -0.15) is 0 Å². The minimum Gasteiger partial charge on any atom is -0.490 e. The second-order valence-corrected chi connectivity index (χ2v) is 5.96. The molecule has 98 valence electrons. The van der Waals surface area contributed by atoms with Gasteiger partial charge in [0.2, 0.25) is 5.78 Å². The molecule has 0 bridgehead atoms. The number of carbonyl (C=O) groups excluding carboxylic acids is 1. The van der Waals surface area contributed by atoms with E-state index in [0.717, 1.165) is 35.5 Å². The molecule has 0 N–H and O–H groups in total. The molecule has 1 heterocycles. The zero-order chi connectivity index (χ0) is 13.2. The summed E-state index contributed by atoms with van der Waals surface area (Å²) in [7, 11) is 0. The molecule has 2 nitrogen and oxygen atoms in total. The second kappa shape index (κ2) is 5.17. The molecule has 3 rings (SSSR count). The summed E-state index contributed by atoms with van der Waals surface area (Å²) in [5, 5.41) is 0. The van der Waals surface area contributed by atoms with Gasteiger partial charge in [0, 0.05) is 10.4 Å². The minimum absolute atomic E-state index is 0.0997. The van der Waals surface area contributed by atoms with E-state index in [-0.39, 0.29) is 5.78 Å². The maximum Gasteiger partial charge on any atom is 0.202 e. The van der Waals surface area contributed by atoms with Gasteiger partial charge in [-0.25, -0.2) is 0 Å². The van der Waals surface area contributed by atoms with Crippen LogP contribution in [0.4, 0.5) is 0 Å². The number of hydrogen-bond acceptors (Lipinski definition) is 3. The number of thiophene rings is 1. The van der Waals surface area contributed by atoms with Gasteiger partial charge in [0.15, 0.2) is 0 Å². The van der Waals surface area contributed by atoms with Crippen LogP contribution in [0.2, 0.25) is 0 Å². The third-order valence-electron chi connectivity index (χ3n) is 3.18. The van der Waals surface area contributed by atoms with Gasteiger partial charge < -0.3 is 4.74 Å². The van der Waals surface area contributed by atoms with Crippen LogP contribution in [0.1, 0.15) is 39.9 Å². The number of ether oxygens (including phenoxy) is 1. The monoisotopic (exact) mass is 272 g/mol. The number of benzene rings is 1. The van der Waals surface area contributed by atoms with Crippen molar-refractivity contribution in [2.45, 2.75) is 32.3 Å². The summed E-state index contributed by atoms with van der Waals surface area (Å²) < 4.78 is 5.68. The quantitative estimate of drug-likeness (QED) is 0.766. The molecule has 0 aliphatic heterocycles. The minimum atomic E-state index is 0.0997. The number of carbonyl (C=O) groups is 1. The Morgan fingerprint density at radius 2 is 1.95 bits per heavy atom. The van der Waals surface area contributed by atoms with Crippen molar-refractivity contribution in [2.75, 3.05) is 0 Å². The lowest BCUT2D eigenvalue weighted by atomic mass is 10.1. The average molecular weight is 272 g/mol. The van der Waals surface area contributed by atoms with Crippen molar-refractivity contribution in [3.63, 3.8) is 0 Å². The van der Waals surface area contributed by atoms with Crippen molar-refractivity contribution in [1.29, 1.82) is 0 Å². The van der Waals surface area contributed by atoms with E-state index in [1.165, 1.54) is 4.88 Å². The van der Waals surface area contributed by atoms with Crippen LogP contribution in [-0.4, -0.2) is 11.9 Å². The van der Waals surface area contributed by atoms with E-state index in [0.29, 0.717) is 6.10 Å². The molecular weight excluding hydrogens is 256 g/mol. The molecule has 1 aliphatic rings. The first-order valence-corrected chi connectivity index (χ1v) is 7.48. The van der Waals surface area contributed by atoms with Crippen molar-refractivity contribution < 1.29 is 9.53 Å². The molecule has 0 unspecified atom stereocenters. The fourth-order valence-electron chi connectivity index (χ4n) is 1.90. The highest BCUT2D eigenvalue weighted by Crippen LogP contribution is 2.27. The summed E-state index contributed by atoms with van der Waals surface area (Å²) in [4.78, 5) is 14.4. The molecule has 1 saturated carbocycles. The van der Waals surface area contributed by atoms with E-state index < -0.39 is 0 Å². The maximum atomic E-state index is 12.3. The Balaban J connectivity index is 1.75. The van der Waals surface area contributed by atoms with E-state index in [1.54, 1.807) is 11.3 Å². The van der Waals surface area contributed by atoms with Crippen LogP contribution in [0.5, 0.6) is 5.75 Å². The van der Waals surface area contributed by atoms with Crippen LogP contribution in [0, 0.1) is 0 Å². The van der Waals surface area contributed by atoms with E-state index in [4.69, 9.17) is 4.74 Å². The predicted octanol–water partition coefficient (Wildman–Crippen LogP) is 4.08. The van der Waals surface area contributed by atoms with Crippen LogP contribution in [0.15, 0.2) is 36.4 Å². The van der Waals surface area contributed by atoms with Crippen LogP contribution in [0.3, 0.4) is 0 Å². The molecule has 1 aliphatic carbocycles. The number of hydrogen-bond donors (Lipinski definition) is 0. The standard InChI is InChI=1S/C16H16O2S/c1-2-14-9-10-15(19-14)16(17)11-3-5-12(6-4-11)18-13-7-8-13/h3-6,9-10,13H,2,7-8H2,1H3. The highest BCUT2D eigenvalue weighted by Gasteiger charge is 2.23. The largest absolute Gasteiger partial charge is 0.490 e. The maximum absolute atomic E-state index is 12.3. The topological polar surface area (TPSA) is 26.3 Å². The van der Waals surface area contributed by atoms with Crippen LogP contribution in [-0.2, 0) is 6.42 Å². The van der Waals surface area contributed by atoms with Crippen LogP contribution in [0.25, 0.3) is 0 Å². The van der Waals surface area contributed by atoms with E-state index >= 15 is 0 Å². The lowest BCUT2D eigenvalue weighted by Crippen LogP contribution is -2.00. The first kappa shape index (κ1) is 12.4. The first-order chi connectivity index (χ1) is 9.26. The zero-order valence-electron chi connectivity index (χ0n) is 10.9. The zero-order valence-corrected chi connectivity index (χ0v) is 11.7. The summed E-state index contributed by atoms with van der Waals surface area (Å²) in [6.07, 6.45) is 3.67. The molecule has 3 heteroatoms. The SMILES string of the molecule is CCc1ccc(C(=O)c2ccc(OC3CC3)cc2)s1. The number of aryl methyl sites for hydroxylation is 1. The lowest BCUT2D eigenvalue weighted by Gasteiger charge is -2.04. The third kappa shape index (κ3) is 2.87. The van der Waals surface area contributed by atoms with Crippen molar-refractivity contribution in [3.8, 4) is 5.75 Å². The Morgan fingerprint density at radius 3 is 2.53 bits per heavy atom. The van der Waals surface area contributed by atoms with Crippen molar-refractivity contribution >= 4 is 17.1 Å². The summed E-state index contributed by atoms with van der Waals surface area (Å²) >= 11 is 1.58. The molecule has 0 atom stereocenters. The Bertz CT molecular complexity index is 579. The summed E-state index contributed by atoms with van der Waals surface area (Å²) in [5.41, 5.74) is 0.729. The molecular formula is C16H16O2S. The molecule has 0 saturated heterocycles. The van der Waals surface area contributed by atoms with Gasteiger partial charge in [-0.3, -0.25) is 4.79 Å². The normalized spacial score (nSPS) is 14.4. The Labute approximate surface area is 117 Å². The predicted molar refractivity (Wildman–Crippen MR) is 77.2 cm³/mol. The fraction of sp³-hybridized carbons (Fsp3) is 0.312. The third-order valence-corrected chi connectivity index (χ3v) is 4.41. The van der Waals surface area contributed by atoms with Crippen LogP contribution >= 0.6 is 11.3 Å². The molecule has 0 spiro atoms. The van der Waals surface area contributed by atoms with Crippen LogP contribution < -0.4 is 4.74 Å². The van der Waals surface area contributed by atoms with Gasteiger partial charge in [-0.15, -0.1) is 11.3 Å². The molecule has 1 fully saturated rings. The van der Waals surface area contributed by atoms with Crippen molar-refractivity contribution in [3.05, 3.63) is 51.7 Å². The summed E-state index contributed by atoms with van der Waals surface area (Å²) in [6.45, 7) is 2.10. The molecule has 0 radical (unpaired) electrons. The Kier molecular flexibility index (Phi) is 3.38. The summed E-state index contributed by atoms with van der Waals surface area (Å²) in [5.74, 6) is 0.960.